The first kappa shape index (κ1) is 13.5. The van der Waals surface area contributed by atoms with E-state index in [1.807, 2.05) is 37.3 Å². The highest BCUT2D eigenvalue weighted by Crippen LogP contribution is 2.28. The molecule has 0 aliphatic carbocycles. The van der Waals surface area contributed by atoms with Crippen molar-refractivity contribution in [2.45, 2.75) is 13.8 Å². The fourth-order valence-electron chi connectivity index (χ4n) is 2.76. The molecule has 2 N–H and O–H groups in total. The Labute approximate surface area is 123 Å². The lowest BCUT2D eigenvalue weighted by atomic mass is 10.1. The predicted molar refractivity (Wildman–Crippen MR) is 86.0 cm³/mol. The van der Waals surface area contributed by atoms with Gasteiger partial charge in [-0.25, -0.2) is 9.67 Å². The van der Waals surface area contributed by atoms with Gasteiger partial charge in [-0.2, -0.15) is 5.10 Å². The van der Waals surface area contributed by atoms with Gasteiger partial charge in [0.25, 0.3) is 0 Å². The second-order valence-electron chi connectivity index (χ2n) is 5.55. The standard InChI is InChI=1S/C15H20N6/c1-9-6-7-11(8-12(9)19(3)4)21-14-13(17-15(21)16)10(2)18-20(14)5/h6-8H,1-5H3,(H2,16,17). The number of aromatic nitrogens is 4. The maximum absolute atomic E-state index is 6.13. The van der Waals surface area contributed by atoms with Gasteiger partial charge >= 0.3 is 0 Å². The Morgan fingerprint density at radius 3 is 2.57 bits per heavy atom. The summed E-state index contributed by atoms with van der Waals surface area (Å²) in [5, 5.41) is 4.42. The molecule has 0 spiro atoms. The average molecular weight is 284 g/mol. The van der Waals surface area contributed by atoms with E-state index in [-0.39, 0.29) is 0 Å². The molecule has 0 saturated heterocycles. The van der Waals surface area contributed by atoms with Crippen LogP contribution >= 0.6 is 0 Å². The van der Waals surface area contributed by atoms with Gasteiger partial charge in [0.05, 0.1) is 11.4 Å². The second kappa shape index (κ2) is 4.51. The summed E-state index contributed by atoms with van der Waals surface area (Å²) < 4.78 is 3.77. The number of nitrogens with zero attached hydrogens (tertiary/aromatic N) is 5. The molecule has 0 amide bonds. The molecule has 0 saturated carbocycles. The van der Waals surface area contributed by atoms with E-state index in [1.54, 1.807) is 0 Å². The molecule has 0 atom stereocenters. The molecule has 3 aromatic rings. The maximum Gasteiger partial charge on any atom is 0.207 e. The lowest BCUT2D eigenvalue weighted by Crippen LogP contribution is -2.11. The Hall–Kier alpha value is -2.50. The Morgan fingerprint density at radius 1 is 1.19 bits per heavy atom. The molecule has 2 aromatic heterocycles. The molecule has 0 unspecified atom stereocenters. The molecule has 0 aliphatic heterocycles. The van der Waals surface area contributed by atoms with E-state index in [1.165, 1.54) is 5.56 Å². The highest BCUT2D eigenvalue weighted by Gasteiger charge is 2.17. The van der Waals surface area contributed by atoms with Crippen molar-refractivity contribution in [2.75, 3.05) is 24.7 Å². The summed E-state index contributed by atoms with van der Waals surface area (Å²) in [7, 11) is 5.98. The van der Waals surface area contributed by atoms with Crippen molar-refractivity contribution in [2.24, 2.45) is 7.05 Å². The number of hydrogen-bond acceptors (Lipinski definition) is 4. The van der Waals surface area contributed by atoms with E-state index in [4.69, 9.17) is 5.73 Å². The summed E-state index contributed by atoms with van der Waals surface area (Å²) in [6.45, 7) is 4.04. The van der Waals surface area contributed by atoms with Gasteiger partial charge in [-0.05, 0) is 31.5 Å². The number of anilines is 2. The third-order valence-electron chi connectivity index (χ3n) is 3.76. The number of rotatable bonds is 2. The summed E-state index contributed by atoms with van der Waals surface area (Å²) in [4.78, 5) is 6.55. The first-order valence-electron chi connectivity index (χ1n) is 6.86. The van der Waals surface area contributed by atoms with Gasteiger partial charge < -0.3 is 10.6 Å². The number of benzene rings is 1. The molecule has 1 aromatic carbocycles. The van der Waals surface area contributed by atoms with Crippen molar-refractivity contribution in [3.8, 4) is 5.69 Å². The number of nitrogen functional groups attached to an aromatic ring is 1. The van der Waals surface area contributed by atoms with E-state index in [0.29, 0.717) is 5.95 Å². The predicted octanol–water partition coefficient (Wildman–Crippen LogP) is 2.02. The van der Waals surface area contributed by atoms with Crippen LogP contribution in [0.5, 0.6) is 0 Å². The highest BCUT2D eigenvalue weighted by molar-refractivity contribution is 5.80. The maximum atomic E-state index is 6.13. The number of hydrogen-bond donors (Lipinski definition) is 1. The Morgan fingerprint density at radius 2 is 1.90 bits per heavy atom. The Bertz CT molecular complexity index is 824. The molecule has 0 bridgehead atoms. The van der Waals surface area contributed by atoms with E-state index < -0.39 is 0 Å². The number of imidazole rings is 1. The topological polar surface area (TPSA) is 64.9 Å². The van der Waals surface area contributed by atoms with Crippen molar-refractivity contribution in [1.29, 1.82) is 0 Å². The normalized spacial score (nSPS) is 11.3. The molecular formula is C15H20N6. The monoisotopic (exact) mass is 284 g/mol. The third-order valence-corrected chi connectivity index (χ3v) is 3.76. The van der Waals surface area contributed by atoms with Crippen molar-refractivity contribution >= 4 is 22.8 Å². The van der Waals surface area contributed by atoms with E-state index in [2.05, 4.69) is 40.1 Å². The van der Waals surface area contributed by atoms with Crippen LogP contribution in [0.15, 0.2) is 18.2 Å². The lowest BCUT2D eigenvalue weighted by Gasteiger charge is -2.17. The van der Waals surface area contributed by atoms with Gasteiger partial charge in [0, 0.05) is 26.8 Å². The minimum absolute atomic E-state index is 0.481. The van der Waals surface area contributed by atoms with Crippen LogP contribution in [-0.2, 0) is 7.05 Å². The largest absolute Gasteiger partial charge is 0.377 e. The quantitative estimate of drug-likeness (QED) is 0.782. The van der Waals surface area contributed by atoms with Gasteiger partial charge in [-0.1, -0.05) is 6.07 Å². The SMILES string of the molecule is Cc1ccc(-n2c(N)nc3c(C)nn(C)c32)cc1N(C)C. The average Bonchev–Trinajstić information content (AvgIpc) is 2.88. The summed E-state index contributed by atoms with van der Waals surface area (Å²) >= 11 is 0. The van der Waals surface area contributed by atoms with Crippen LogP contribution in [0.4, 0.5) is 11.6 Å². The second-order valence-corrected chi connectivity index (χ2v) is 5.55. The zero-order chi connectivity index (χ0) is 15.3. The molecule has 21 heavy (non-hydrogen) atoms. The zero-order valence-electron chi connectivity index (χ0n) is 13.0. The summed E-state index contributed by atoms with van der Waals surface area (Å²) in [6.07, 6.45) is 0. The van der Waals surface area contributed by atoms with Crippen LogP contribution in [0.3, 0.4) is 0 Å². The minimum atomic E-state index is 0.481. The van der Waals surface area contributed by atoms with Crippen LogP contribution in [0.2, 0.25) is 0 Å². The van der Waals surface area contributed by atoms with E-state index >= 15 is 0 Å². The first-order chi connectivity index (χ1) is 9.90. The molecule has 110 valence electrons. The van der Waals surface area contributed by atoms with Crippen molar-refractivity contribution < 1.29 is 0 Å². The van der Waals surface area contributed by atoms with Gasteiger partial charge in [-0.15, -0.1) is 0 Å². The van der Waals surface area contributed by atoms with Crippen molar-refractivity contribution in [3.63, 3.8) is 0 Å². The number of fused-ring (bicyclic) bond motifs is 1. The number of aryl methyl sites for hydroxylation is 3. The Balaban J connectivity index is 2.30. The molecule has 6 heteroatoms. The molecule has 3 rings (SSSR count). The van der Waals surface area contributed by atoms with Gasteiger partial charge in [0.1, 0.15) is 5.52 Å². The fourth-order valence-corrected chi connectivity index (χ4v) is 2.76. The van der Waals surface area contributed by atoms with Gasteiger partial charge in [-0.3, -0.25) is 4.57 Å². The van der Waals surface area contributed by atoms with E-state index in [9.17, 15) is 0 Å². The van der Waals surface area contributed by atoms with E-state index in [0.717, 1.165) is 28.2 Å². The summed E-state index contributed by atoms with van der Waals surface area (Å²) in [5.41, 5.74) is 12.2. The smallest absolute Gasteiger partial charge is 0.207 e. The molecule has 6 nitrogen and oxygen atoms in total. The molecule has 0 fully saturated rings. The van der Waals surface area contributed by atoms with Crippen molar-refractivity contribution in [1.82, 2.24) is 19.3 Å². The summed E-state index contributed by atoms with van der Waals surface area (Å²) in [5.74, 6) is 0.481. The van der Waals surface area contributed by atoms with Gasteiger partial charge in [0.15, 0.2) is 5.65 Å². The fraction of sp³-hybridized carbons (Fsp3) is 0.333. The highest BCUT2D eigenvalue weighted by atomic mass is 15.3. The molecule has 0 radical (unpaired) electrons. The summed E-state index contributed by atoms with van der Waals surface area (Å²) in [6, 6.07) is 6.27. The third kappa shape index (κ3) is 1.94. The van der Waals surface area contributed by atoms with Crippen LogP contribution in [0.1, 0.15) is 11.3 Å². The van der Waals surface area contributed by atoms with Crippen LogP contribution < -0.4 is 10.6 Å². The number of nitrogens with two attached hydrogens (primary N) is 1. The van der Waals surface area contributed by atoms with Crippen molar-refractivity contribution in [3.05, 3.63) is 29.5 Å². The Kier molecular flexibility index (Phi) is 2.90. The lowest BCUT2D eigenvalue weighted by molar-refractivity contribution is 0.762. The molecule has 0 aliphatic rings. The molecular weight excluding hydrogens is 264 g/mol. The minimum Gasteiger partial charge on any atom is -0.377 e. The van der Waals surface area contributed by atoms with Gasteiger partial charge in [0.2, 0.25) is 5.95 Å². The van der Waals surface area contributed by atoms with Crippen LogP contribution in [0, 0.1) is 13.8 Å². The van der Waals surface area contributed by atoms with Crippen LogP contribution in [0.25, 0.3) is 16.9 Å². The zero-order valence-corrected chi connectivity index (χ0v) is 13.0. The first-order valence-corrected chi connectivity index (χ1v) is 6.86. The molecule has 2 heterocycles. The van der Waals surface area contributed by atoms with Crippen LogP contribution in [-0.4, -0.2) is 33.4 Å².